The number of carbonyl (C=O) groups is 1. The van der Waals surface area contributed by atoms with E-state index >= 15 is 0 Å². The van der Waals surface area contributed by atoms with Gasteiger partial charge in [0.1, 0.15) is 24.0 Å². The molecule has 4 nitrogen and oxygen atoms in total. The van der Waals surface area contributed by atoms with Crippen LogP contribution in [0.4, 0.5) is 5.69 Å². The quantitative estimate of drug-likeness (QED) is 0.245. The maximum absolute atomic E-state index is 12.4. The highest BCUT2D eigenvalue weighted by Crippen LogP contribution is 2.29. The SMILES string of the molecule is C#CCOc1c(I)cc(/C=C(\C#N)C(=O)Nc2ccc(C)cc2)cc1I. The molecule has 0 saturated heterocycles. The molecule has 0 aliphatic heterocycles. The van der Waals surface area contributed by atoms with Gasteiger partial charge in [0.15, 0.2) is 0 Å². The van der Waals surface area contributed by atoms with Crippen LogP contribution in [0.5, 0.6) is 5.75 Å². The van der Waals surface area contributed by atoms with Gasteiger partial charge in [-0.05, 0) is 88.0 Å². The fourth-order valence-corrected chi connectivity index (χ4v) is 4.19. The first-order valence-corrected chi connectivity index (χ1v) is 9.65. The smallest absolute Gasteiger partial charge is 0.266 e. The summed E-state index contributed by atoms with van der Waals surface area (Å²) >= 11 is 4.28. The second kappa shape index (κ2) is 9.60. The Hall–Kier alpha value is -2.04. The molecule has 0 spiro atoms. The van der Waals surface area contributed by atoms with E-state index in [1.807, 2.05) is 37.3 Å². The zero-order valence-corrected chi connectivity index (χ0v) is 18.2. The Kier molecular flexibility index (Phi) is 7.49. The van der Waals surface area contributed by atoms with E-state index in [0.717, 1.165) is 18.3 Å². The molecule has 2 aromatic carbocycles. The molecule has 2 rings (SSSR count). The first kappa shape index (κ1) is 20.3. The summed E-state index contributed by atoms with van der Waals surface area (Å²) in [5, 5.41) is 12.1. The van der Waals surface area contributed by atoms with E-state index in [9.17, 15) is 10.1 Å². The standard InChI is InChI=1S/C20H14I2N2O2/c1-3-8-26-19-17(21)10-14(11-18(19)22)9-15(12-23)20(25)24-16-6-4-13(2)5-7-16/h1,4-7,9-11H,8H2,2H3,(H,24,25)/b15-9+. The van der Waals surface area contributed by atoms with Gasteiger partial charge in [0, 0.05) is 5.69 Å². The number of ether oxygens (including phenoxy) is 1. The van der Waals surface area contributed by atoms with Gasteiger partial charge in [-0.15, -0.1) is 6.42 Å². The van der Waals surface area contributed by atoms with Crippen molar-refractivity contribution in [3.8, 4) is 24.2 Å². The number of benzene rings is 2. The van der Waals surface area contributed by atoms with Gasteiger partial charge >= 0.3 is 0 Å². The number of nitrogens with zero attached hydrogens (tertiary/aromatic N) is 1. The van der Waals surface area contributed by atoms with Gasteiger partial charge in [-0.2, -0.15) is 5.26 Å². The van der Waals surface area contributed by atoms with Crippen molar-refractivity contribution >= 4 is 62.9 Å². The summed E-state index contributed by atoms with van der Waals surface area (Å²) in [5.74, 6) is 2.68. The Labute approximate surface area is 179 Å². The fraction of sp³-hybridized carbons (Fsp3) is 0.100. The van der Waals surface area contributed by atoms with E-state index in [4.69, 9.17) is 11.2 Å². The molecular formula is C20H14I2N2O2. The minimum atomic E-state index is -0.450. The molecule has 26 heavy (non-hydrogen) atoms. The van der Waals surface area contributed by atoms with Crippen LogP contribution in [0.25, 0.3) is 6.08 Å². The zero-order valence-electron chi connectivity index (χ0n) is 13.8. The van der Waals surface area contributed by atoms with E-state index in [2.05, 4.69) is 56.4 Å². The van der Waals surface area contributed by atoms with Gasteiger partial charge in [0.05, 0.1) is 7.14 Å². The van der Waals surface area contributed by atoms with Crippen molar-refractivity contribution in [2.24, 2.45) is 0 Å². The van der Waals surface area contributed by atoms with E-state index in [1.54, 1.807) is 18.2 Å². The number of carbonyl (C=O) groups excluding carboxylic acids is 1. The van der Waals surface area contributed by atoms with Crippen LogP contribution in [0, 0.1) is 37.7 Å². The van der Waals surface area contributed by atoms with Crippen LogP contribution in [0.15, 0.2) is 42.0 Å². The third kappa shape index (κ3) is 5.48. The largest absolute Gasteiger partial charge is 0.479 e. The lowest BCUT2D eigenvalue weighted by molar-refractivity contribution is -0.112. The summed E-state index contributed by atoms with van der Waals surface area (Å²) in [7, 11) is 0. The molecule has 1 N–H and O–H groups in total. The first-order valence-electron chi connectivity index (χ1n) is 7.49. The number of nitriles is 1. The highest BCUT2D eigenvalue weighted by molar-refractivity contribution is 14.1. The second-order valence-corrected chi connectivity index (χ2v) is 7.62. The number of rotatable bonds is 5. The molecule has 6 heteroatoms. The topological polar surface area (TPSA) is 62.1 Å². The van der Waals surface area contributed by atoms with Crippen molar-refractivity contribution in [2.75, 3.05) is 11.9 Å². The molecule has 0 unspecified atom stereocenters. The van der Waals surface area contributed by atoms with Gasteiger partial charge in [0.2, 0.25) is 0 Å². The number of amides is 1. The van der Waals surface area contributed by atoms with Crippen molar-refractivity contribution in [3.05, 3.63) is 60.2 Å². The highest BCUT2D eigenvalue weighted by atomic mass is 127. The molecule has 0 aliphatic carbocycles. The van der Waals surface area contributed by atoms with Gasteiger partial charge in [-0.3, -0.25) is 4.79 Å². The van der Waals surface area contributed by atoms with Gasteiger partial charge in [-0.1, -0.05) is 23.6 Å². The van der Waals surface area contributed by atoms with E-state index in [-0.39, 0.29) is 12.2 Å². The maximum atomic E-state index is 12.4. The Bertz CT molecular complexity index is 913. The Morgan fingerprint density at radius 2 is 1.88 bits per heavy atom. The van der Waals surface area contributed by atoms with Crippen LogP contribution in [0.1, 0.15) is 11.1 Å². The maximum Gasteiger partial charge on any atom is 0.266 e. The molecule has 0 radical (unpaired) electrons. The molecule has 0 fully saturated rings. The molecular weight excluding hydrogens is 554 g/mol. The molecule has 0 bridgehead atoms. The number of halogens is 2. The van der Waals surface area contributed by atoms with Crippen LogP contribution in [-0.4, -0.2) is 12.5 Å². The lowest BCUT2D eigenvalue weighted by atomic mass is 10.1. The average molecular weight is 568 g/mol. The van der Waals surface area contributed by atoms with Crippen LogP contribution >= 0.6 is 45.2 Å². The van der Waals surface area contributed by atoms with Crippen LogP contribution < -0.4 is 10.1 Å². The first-order chi connectivity index (χ1) is 12.4. The lowest BCUT2D eigenvalue weighted by Gasteiger charge is -2.09. The number of anilines is 1. The number of hydrogen-bond donors (Lipinski definition) is 1. The van der Waals surface area contributed by atoms with Crippen LogP contribution in [0.2, 0.25) is 0 Å². The molecule has 2 aromatic rings. The van der Waals surface area contributed by atoms with Crippen molar-refractivity contribution < 1.29 is 9.53 Å². The Morgan fingerprint density at radius 1 is 1.27 bits per heavy atom. The minimum Gasteiger partial charge on any atom is -0.479 e. The van der Waals surface area contributed by atoms with Crippen molar-refractivity contribution in [2.45, 2.75) is 6.92 Å². The summed E-state index contributed by atoms with van der Waals surface area (Å²) in [6.45, 7) is 2.15. The summed E-state index contributed by atoms with van der Waals surface area (Å²) in [6.07, 6.45) is 6.78. The molecule has 0 aliphatic rings. The molecule has 0 saturated carbocycles. The number of aryl methyl sites for hydroxylation is 1. The predicted octanol–water partition coefficient (Wildman–Crippen LogP) is 4.76. The average Bonchev–Trinajstić information content (AvgIpc) is 2.61. The Balaban J connectivity index is 2.25. The zero-order chi connectivity index (χ0) is 19.1. The van der Waals surface area contributed by atoms with Crippen molar-refractivity contribution in [1.82, 2.24) is 0 Å². The summed E-state index contributed by atoms with van der Waals surface area (Å²) in [6, 6.07) is 13.0. The van der Waals surface area contributed by atoms with Crippen LogP contribution in [0.3, 0.4) is 0 Å². The highest BCUT2D eigenvalue weighted by Gasteiger charge is 2.12. The number of hydrogen-bond acceptors (Lipinski definition) is 3. The minimum absolute atomic E-state index is 0.0227. The second-order valence-electron chi connectivity index (χ2n) is 5.30. The van der Waals surface area contributed by atoms with Crippen LogP contribution in [-0.2, 0) is 4.79 Å². The normalized spacial score (nSPS) is 10.6. The van der Waals surface area contributed by atoms with E-state index in [1.165, 1.54) is 0 Å². The van der Waals surface area contributed by atoms with E-state index in [0.29, 0.717) is 11.4 Å². The number of nitrogens with one attached hydrogen (secondary N) is 1. The monoisotopic (exact) mass is 568 g/mol. The molecule has 0 heterocycles. The summed E-state index contributed by atoms with van der Waals surface area (Å²) < 4.78 is 7.23. The molecule has 0 aromatic heterocycles. The molecule has 130 valence electrons. The van der Waals surface area contributed by atoms with Gasteiger partial charge in [0.25, 0.3) is 5.91 Å². The molecule has 0 atom stereocenters. The van der Waals surface area contributed by atoms with Crippen molar-refractivity contribution in [3.63, 3.8) is 0 Å². The Morgan fingerprint density at radius 3 is 2.42 bits per heavy atom. The van der Waals surface area contributed by atoms with Gasteiger partial charge < -0.3 is 10.1 Å². The number of terminal acetylenes is 1. The lowest BCUT2D eigenvalue weighted by Crippen LogP contribution is -2.13. The summed E-state index contributed by atoms with van der Waals surface area (Å²) in [4.78, 5) is 12.4. The molecule has 1 amide bonds. The van der Waals surface area contributed by atoms with Gasteiger partial charge in [-0.25, -0.2) is 0 Å². The van der Waals surface area contributed by atoms with Crippen molar-refractivity contribution in [1.29, 1.82) is 5.26 Å². The third-order valence-corrected chi connectivity index (χ3v) is 4.91. The predicted molar refractivity (Wildman–Crippen MR) is 120 cm³/mol. The summed E-state index contributed by atoms with van der Waals surface area (Å²) in [5.41, 5.74) is 2.50. The third-order valence-electron chi connectivity index (χ3n) is 3.31. The fourth-order valence-electron chi connectivity index (χ4n) is 2.07. The van der Waals surface area contributed by atoms with E-state index < -0.39 is 5.91 Å².